The van der Waals surface area contributed by atoms with Crippen molar-refractivity contribution in [1.29, 1.82) is 0 Å². The fourth-order valence-electron chi connectivity index (χ4n) is 1.76. The normalized spacial score (nSPS) is 12.4. The molecule has 0 radical (unpaired) electrons. The minimum atomic E-state index is -0.442. The molecule has 0 aliphatic heterocycles. The van der Waals surface area contributed by atoms with Crippen molar-refractivity contribution in [2.24, 2.45) is 0 Å². The molecule has 96 valence electrons. The van der Waals surface area contributed by atoms with Gasteiger partial charge in [-0.15, -0.1) is 0 Å². The monoisotopic (exact) mass is 262 g/mol. The van der Waals surface area contributed by atoms with Gasteiger partial charge in [0.15, 0.2) is 5.13 Å². The van der Waals surface area contributed by atoms with E-state index in [0.717, 1.165) is 16.6 Å². The molecular formula is C14H18N2OS. The van der Waals surface area contributed by atoms with Crippen LogP contribution in [0.4, 0.5) is 5.13 Å². The highest BCUT2D eigenvalue weighted by Crippen LogP contribution is 2.27. The Morgan fingerprint density at radius 1 is 1.39 bits per heavy atom. The van der Waals surface area contributed by atoms with Gasteiger partial charge in [-0.25, -0.2) is 4.98 Å². The quantitative estimate of drug-likeness (QED) is 0.919. The van der Waals surface area contributed by atoms with Gasteiger partial charge in [-0.2, -0.15) is 0 Å². The summed E-state index contributed by atoms with van der Waals surface area (Å²) in [5.41, 5.74) is 2.59. The molecule has 0 aliphatic rings. The van der Waals surface area contributed by atoms with Crippen molar-refractivity contribution in [3.05, 3.63) is 46.5 Å². The molecule has 18 heavy (non-hydrogen) atoms. The number of hydrogen-bond donors (Lipinski definition) is 1. The Hall–Kier alpha value is -1.39. The summed E-state index contributed by atoms with van der Waals surface area (Å²) < 4.78 is 0. The molecule has 1 unspecified atom stereocenters. The van der Waals surface area contributed by atoms with E-state index in [4.69, 9.17) is 0 Å². The highest BCUT2D eigenvalue weighted by atomic mass is 32.1. The lowest BCUT2D eigenvalue weighted by Gasteiger charge is -2.17. The largest absolute Gasteiger partial charge is 0.388 e. The van der Waals surface area contributed by atoms with Crippen LogP contribution in [0, 0.1) is 6.92 Å². The Morgan fingerprint density at radius 3 is 2.72 bits per heavy atom. The summed E-state index contributed by atoms with van der Waals surface area (Å²) >= 11 is 1.54. The summed E-state index contributed by atoms with van der Waals surface area (Å²) in [6, 6.07) is 8.36. The zero-order valence-corrected chi connectivity index (χ0v) is 11.7. The predicted octanol–water partition coefficient (Wildman–Crippen LogP) is 3.14. The van der Waals surface area contributed by atoms with Crippen LogP contribution in [0.25, 0.3) is 0 Å². The third kappa shape index (κ3) is 2.89. The van der Waals surface area contributed by atoms with Gasteiger partial charge < -0.3 is 10.0 Å². The number of aliphatic hydroxyl groups excluding tert-OH is 1. The first-order valence-electron chi connectivity index (χ1n) is 5.97. The first-order chi connectivity index (χ1) is 8.58. The van der Waals surface area contributed by atoms with E-state index >= 15 is 0 Å². The van der Waals surface area contributed by atoms with Gasteiger partial charge in [0.2, 0.25) is 0 Å². The summed E-state index contributed by atoms with van der Waals surface area (Å²) in [6.45, 7) is 4.71. The fourth-order valence-corrected chi connectivity index (χ4v) is 2.57. The van der Waals surface area contributed by atoms with Gasteiger partial charge >= 0.3 is 0 Å². The fraction of sp³-hybridized carbons (Fsp3) is 0.357. The molecule has 0 saturated carbocycles. The van der Waals surface area contributed by atoms with E-state index in [9.17, 15) is 5.11 Å². The first kappa shape index (κ1) is 13.1. The predicted molar refractivity (Wildman–Crippen MR) is 76.0 cm³/mol. The van der Waals surface area contributed by atoms with Crippen molar-refractivity contribution in [2.75, 3.05) is 11.9 Å². The lowest BCUT2D eigenvalue weighted by Crippen LogP contribution is -2.16. The molecule has 0 amide bonds. The maximum atomic E-state index is 9.50. The van der Waals surface area contributed by atoms with E-state index in [-0.39, 0.29) is 0 Å². The van der Waals surface area contributed by atoms with Crippen LogP contribution >= 0.6 is 11.3 Å². The molecule has 1 N–H and O–H groups in total. The SMILES string of the molecule is Cc1ccccc1CN(C)c1ncc(C(C)O)s1. The average molecular weight is 262 g/mol. The Morgan fingerprint density at radius 2 is 2.11 bits per heavy atom. The van der Waals surface area contributed by atoms with Crippen LogP contribution in [-0.2, 0) is 6.54 Å². The summed E-state index contributed by atoms with van der Waals surface area (Å²) in [5, 5.41) is 10.4. The lowest BCUT2D eigenvalue weighted by atomic mass is 10.1. The van der Waals surface area contributed by atoms with Crippen molar-refractivity contribution in [1.82, 2.24) is 4.98 Å². The van der Waals surface area contributed by atoms with Crippen molar-refractivity contribution >= 4 is 16.5 Å². The molecule has 0 spiro atoms. The molecule has 0 aliphatic carbocycles. The number of benzene rings is 1. The highest BCUT2D eigenvalue weighted by molar-refractivity contribution is 7.15. The second-order valence-corrected chi connectivity index (χ2v) is 5.54. The first-order valence-corrected chi connectivity index (χ1v) is 6.79. The summed E-state index contributed by atoms with van der Waals surface area (Å²) in [4.78, 5) is 7.36. The molecular weight excluding hydrogens is 244 g/mol. The number of thiazole rings is 1. The van der Waals surface area contributed by atoms with Gasteiger partial charge in [-0.3, -0.25) is 0 Å². The van der Waals surface area contributed by atoms with Crippen molar-refractivity contribution < 1.29 is 5.11 Å². The van der Waals surface area contributed by atoms with Crippen LogP contribution in [0.2, 0.25) is 0 Å². The van der Waals surface area contributed by atoms with E-state index in [0.29, 0.717) is 0 Å². The van der Waals surface area contributed by atoms with Crippen LogP contribution in [0.3, 0.4) is 0 Å². The van der Waals surface area contributed by atoms with E-state index in [2.05, 4.69) is 35.0 Å². The van der Waals surface area contributed by atoms with Crippen molar-refractivity contribution in [2.45, 2.75) is 26.5 Å². The number of aliphatic hydroxyl groups is 1. The molecule has 0 fully saturated rings. The van der Waals surface area contributed by atoms with E-state index in [1.165, 1.54) is 22.5 Å². The number of aryl methyl sites for hydroxylation is 1. The highest BCUT2D eigenvalue weighted by Gasteiger charge is 2.11. The van der Waals surface area contributed by atoms with Crippen LogP contribution in [0.15, 0.2) is 30.5 Å². The number of aromatic nitrogens is 1. The molecule has 1 atom stereocenters. The van der Waals surface area contributed by atoms with E-state index < -0.39 is 6.10 Å². The summed E-state index contributed by atoms with van der Waals surface area (Å²) in [5.74, 6) is 0. The van der Waals surface area contributed by atoms with Gasteiger partial charge in [0, 0.05) is 19.8 Å². The van der Waals surface area contributed by atoms with E-state index in [1.807, 2.05) is 13.1 Å². The molecule has 1 aromatic carbocycles. The van der Waals surface area contributed by atoms with Gasteiger partial charge in [-0.05, 0) is 25.0 Å². The smallest absolute Gasteiger partial charge is 0.185 e. The number of hydrogen-bond acceptors (Lipinski definition) is 4. The standard InChI is InChI=1S/C14H18N2OS/c1-10-6-4-5-7-12(10)9-16(3)14-15-8-13(18-14)11(2)17/h4-8,11,17H,9H2,1-3H3. The molecule has 2 aromatic rings. The van der Waals surface area contributed by atoms with Crippen LogP contribution in [-0.4, -0.2) is 17.1 Å². The zero-order chi connectivity index (χ0) is 13.1. The number of rotatable bonds is 4. The van der Waals surface area contributed by atoms with Crippen LogP contribution < -0.4 is 4.90 Å². The van der Waals surface area contributed by atoms with Gasteiger partial charge in [0.1, 0.15) is 0 Å². The topological polar surface area (TPSA) is 36.4 Å². The second-order valence-electron chi connectivity index (χ2n) is 4.50. The molecule has 1 heterocycles. The second kappa shape index (κ2) is 5.50. The van der Waals surface area contributed by atoms with E-state index in [1.54, 1.807) is 13.1 Å². The minimum absolute atomic E-state index is 0.442. The van der Waals surface area contributed by atoms with Gasteiger partial charge in [0.05, 0.1) is 11.0 Å². The number of nitrogens with zero attached hydrogens (tertiary/aromatic N) is 2. The Balaban J connectivity index is 2.12. The molecule has 2 rings (SSSR count). The zero-order valence-electron chi connectivity index (χ0n) is 10.9. The van der Waals surface area contributed by atoms with Crippen LogP contribution in [0.5, 0.6) is 0 Å². The maximum Gasteiger partial charge on any atom is 0.185 e. The average Bonchev–Trinajstić information content (AvgIpc) is 2.81. The summed E-state index contributed by atoms with van der Waals surface area (Å²) in [6.07, 6.45) is 1.31. The Bertz CT molecular complexity index is 522. The Kier molecular flexibility index (Phi) is 3.99. The molecule has 1 aromatic heterocycles. The lowest BCUT2D eigenvalue weighted by molar-refractivity contribution is 0.203. The van der Waals surface area contributed by atoms with Crippen molar-refractivity contribution in [3.8, 4) is 0 Å². The van der Waals surface area contributed by atoms with Gasteiger partial charge in [-0.1, -0.05) is 35.6 Å². The van der Waals surface area contributed by atoms with Gasteiger partial charge in [0.25, 0.3) is 0 Å². The third-order valence-electron chi connectivity index (χ3n) is 2.92. The van der Waals surface area contributed by atoms with Crippen molar-refractivity contribution in [3.63, 3.8) is 0 Å². The molecule has 4 heteroatoms. The number of anilines is 1. The molecule has 3 nitrogen and oxygen atoms in total. The maximum absolute atomic E-state index is 9.50. The van der Waals surface area contributed by atoms with Crippen LogP contribution in [0.1, 0.15) is 29.0 Å². The molecule has 0 saturated heterocycles. The summed E-state index contributed by atoms with van der Waals surface area (Å²) in [7, 11) is 2.02. The minimum Gasteiger partial charge on any atom is -0.388 e. The Labute approximate surface area is 112 Å². The third-order valence-corrected chi connectivity index (χ3v) is 4.20. The molecule has 0 bridgehead atoms.